The van der Waals surface area contributed by atoms with Gasteiger partial charge in [-0.25, -0.2) is 4.98 Å². The van der Waals surface area contributed by atoms with E-state index in [1.807, 2.05) is 30.3 Å². The van der Waals surface area contributed by atoms with Gasteiger partial charge in [-0.05, 0) is 29.7 Å². The molecule has 0 N–H and O–H groups in total. The smallest absolute Gasteiger partial charge is 0.261 e. The molecule has 1 aromatic heterocycles. The molecule has 4 heteroatoms. The quantitative estimate of drug-likeness (QED) is 0.716. The zero-order valence-corrected chi connectivity index (χ0v) is 14.0. The van der Waals surface area contributed by atoms with Gasteiger partial charge in [0.25, 0.3) is 5.56 Å². The lowest BCUT2D eigenvalue weighted by molar-refractivity contribution is 0.574. The van der Waals surface area contributed by atoms with E-state index in [1.54, 1.807) is 22.8 Å². The van der Waals surface area contributed by atoms with Crippen LogP contribution in [0.2, 0.25) is 5.02 Å². The minimum absolute atomic E-state index is 0.00818. The molecule has 118 valence electrons. The van der Waals surface area contributed by atoms with Crippen LogP contribution < -0.4 is 5.56 Å². The summed E-state index contributed by atoms with van der Waals surface area (Å²) in [6.45, 7) is 4.79. The van der Waals surface area contributed by atoms with E-state index in [4.69, 9.17) is 16.6 Å². The number of hydrogen-bond donors (Lipinski definition) is 0. The normalized spacial score (nSPS) is 11.3. The Labute approximate surface area is 140 Å². The summed E-state index contributed by atoms with van der Waals surface area (Å²) in [6.07, 6.45) is 0.754. The molecule has 0 radical (unpaired) electrons. The molecule has 0 fully saturated rings. The van der Waals surface area contributed by atoms with Crippen molar-refractivity contribution in [3.05, 3.63) is 75.3 Å². The van der Waals surface area contributed by atoms with E-state index in [1.165, 1.54) is 0 Å². The number of benzene rings is 2. The monoisotopic (exact) mass is 326 g/mol. The van der Waals surface area contributed by atoms with Crippen molar-refractivity contribution in [2.75, 3.05) is 0 Å². The number of rotatable bonds is 4. The largest absolute Gasteiger partial charge is 0.292 e. The lowest BCUT2D eigenvalue weighted by Crippen LogP contribution is -2.26. The van der Waals surface area contributed by atoms with E-state index >= 15 is 0 Å². The predicted molar refractivity (Wildman–Crippen MR) is 95.1 cm³/mol. The van der Waals surface area contributed by atoms with Crippen molar-refractivity contribution in [3.63, 3.8) is 0 Å². The fourth-order valence-electron chi connectivity index (χ4n) is 2.69. The highest BCUT2D eigenvalue weighted by Gasteiger charge is 2.13. The van der Waals surface area contributed by atoms with Gasteiger partial charge in [0.15, 0.2) is 0 Å². The van der Waals surface area contributed by atoms with Crippen LogP contribution in [0.25, 0.3) is 10.9 Å². The number of aromatic nitrogens is 2. The zero-order valence-electron chi connectivity index (χ0n) is 13.3. The first-order valence-corrected chi connectivity index (χ1v) is 8.15. The number of halogens is 1. The van der Waals surface area contributed by atoms with Crippen molar-refractivity contribution in [1.82, 2.24) is 9.55 Å². The average molecular weight is 327 g/mol. The molecule has 23 heavy (non-hydrogen) atoms. The Kier molecular flexibility index (Phi) is 4.49. The van der Waals surface area contributed by atoms with Crippen molar-refractivity contribution < 1.29 is 0 Å². The van der Waals surface area contributed by atoms with Gasteiger partial charge in [-0.2, -0.15) is 0 Å². The van der Waals surface area contributed by atoms with Gasteiger partial charge in [-0.1, -0.05) is 55.8 Å². The summed E-state index contributed by atoms with van der Waals surface area (Å²) >= 11 is 6.05. The Bertz CT molecular complexity index is 885. The highest BCUT2D eigenvalue weighted by molar-refractivity contribution is 6.31. The van der Waals surface area contributed by atoms with Crippen LogP contribution in [0.5, 0.6) is 0 Å². The Morgan fingerprint density at radius 3 is 2.57 bits per heavy atom. The summed E-state index contributed by atoms with van der Waals surface area (Å²) in [6, 6.07) is 15.2. The number of hydrogen-bond acceptors (Lipinski definition) is 2. The molecule has 2 aromatic carbocycles. The molecule has 3 nitrogen and oxygen atoms in total. The molecule has 0 aliphatic heterocycles. The minimum Gasteiger partial charge on any atom is -0.292 e. The second-order valence-corrected chi connectivity index (χ2v) is 6.60. The van der Waals surface area contributed by atoms with Gasteiger partial charge >= 0.3 is 0 Å². The minimum atomic E-state index is -0.00818. The van der Waals surface area contributed by atoms with Crippen LogP contribution in [0, 0.1) is 5.92 Å². The van der Waals surface area contributed by atoms with Crippen LogP contribution >= 0.6 is 11.6 Å². The van der Waals surface area contributed by atoms with Crippen molar-refractivity contribution in [3.8, 4) is 0 Å². The van der Waals surface area contributed by atoms with Gasteiger partial charge in [0.2, 0.25) is 0 Å². The van der Waals surface area contributed by atoms with Crippen LogP contribution in [0.15, 0.2) is 53.3 Å². The molecule has 0 aliphatic rings. The summed E-state index contributed by atoms with van der Waals surface area (Å²) in [5, 5.41) is 1.21. The molecule has 0 spiro atoms. The molecule has 0 unspecified atom stereocenters. The second kappa shape index (κ2) is 6.55. The lowest BCUT2D eigenvalue weighted by Gasteiger charge is -2.15. The molecule has 0 bridgehead atoms. The van der Waals surface area contributed by atoms with Crippen molar-refractivity contribution in [1.29, 1.82) is 0 Å². The first-order chi connectivity index (χ1) is 11.0. The molecule has 3 rings (SSSR count). The highest BCUT2D eigenvalue weighted by Crippen LogP contribution is 2.17. The highest BCUT2D eigenvalue weighted by atomic mass is 35.5. The molecule has 1 heterocycles. The fraction of sp³-hybridized carbons (Fsp3) is 0.263. The standard InChI is InChI=1S/C19H19ClN2O/c1-13(2)10-18-21-17-11-15(20)8-9-16(17)19(23)22(18)12-14-6-4-3-5-7-14/h3-9,11,13H,10,12H2,1-2H3. The summed E-state index contributed by atoms with van der Waals surface area (Å²) in [4.78, 5) is 17.6. The maximum atomic E-state index is 12.9. The Hall–Kier alpha value is -2.13. The first kappa shape index (κ1) is 15.8. The SMILES string of the molecule is CC(C)Cc1nc2cc(Cl)ccc2c(=O)n1Cc1ccccc1. The van der Waals surface area contributed by atoms with Crippen LogP contribution in [-0.2, 0) is 13.0 Å². The second-order valence-electron chi connectivity index (χ2n) is 6.16. The van der Waals surface area contributed by atoms with E-state index in [9.17, 15) is 4.79 Å². The first-order valence-electron chi connectivity index (χ1n) is 7.77. The van der Waals surface area contributed by atoms with Crippen LogP contribution in [0.4, 0.5) is 0 Å². The van der Waals surface area contributed by atoms with Gasteiger partial charge in [-0.15, -0.1) is 0 Å². The van der Waals surface area contributed by atoms with E-state index in [0.717, 1.165) is 17.8 Å². The molecule has 0 saturated heterocycles. The van der Waals surface area contributed by atoms with E-state index in [-0.39, 0.29) is 5.56 Å². The number of fused-ring (bicyclic) bond motifs is 1. The summed E-state index contributed by atoms with van der Waals surface area (Å²) in [5.74, 6) is 1.23. The van der Waals surface area contributed by atoms with Crippen LogP contribution in [0.3, 0.4) is 0 Å². The van der Waals surface area contributed by atoms with Crippen LogP contribution in [-0.4, -0.2) is 9.55 Å². The molecular weight excluding hydrogens is 308 g/mol. The molecule has 0 aliphatic carbocycles. The Morgan fingerprint density at radius 2 is 1.87 bits per heavy atom. The van der Waals surface area contributed by atoms with Gasteiger partial charge in [-0.3, -0.25) is 9.36 Å². The predicted octanol–water partition coefficient (Wildman–Crippen LogP) is 4.30. The van der Waals surface area contributed by atoms with Gasteiger partial charge in [0.1, 0.15) is 5.82 Å². The third-order valence-electron chi connectivity index (χ3n) is 3.77. The third kappa shape index (κ3) is 3.45. The van der Waals surface area contributed by atoms with Gasteiger partial charge in [0.05, 0.1) is 17.4 Å². The Morgan fingerprint density at radius 1 is 1.13 bits per heavy atom. The molecule has 0 saturated carbocycles. The fourth-order valence-corrected chi connectivity index (χ4v) is 2.86. The molecular formula is C19H19ClN2O. The maximum Gasteiger partial charge on any atom is 0.261 e. The zero-order chi connectivity index (χ0) is 16.4. The summed E-state index contributed by atoms with van der Waals surface area (Å²) < 4.78 is 1.78. The number of nitrogens with zero attached hydrogens (tertiary/aromatic N) is 2. The average Bonchev–Trinajstić information content (AvgIpc) is 2.51. The van der Waals surface area contributed by atoms with E-state index in [0.29, 0.717) is 28.4 Å². The molecule has 0 atom stereocenters. The van der Waals surface area contributed by atoms with Crippen molar-refractivity contribution in [2.24, 2.45) is 5.92 Å². The third-order valence-corrected chi connectivity index (χ3v) is 4.01. The van der Waals surface area contributed by atoms with E-state index < -0.39 is 0 Å². The lowest BCUT2D eigenvalue weighted by atomic mass is 10.1. The van der Waals surface area contributed by atoms with Gasteiger partial charge in [0, 0.05) is 11.4 Å². The topological polar surface area (TPSA) is 34.9 Å². The van der Waals surface area contributed by atoms with E-state index in [2.05, 4.69) is 13.8 Å². The van der Waals surface area contributed by atoms with Gasteiger partial charge < -0.3 is 0 Å². The maximum absolute atomic E-state index is 12.9. The van der Waals surface area contributed by atoms with Crippen molar-refractivity contribution >= 4 is 22.5 Å². The summed E-state index contributed by atoms with van der Waals surface area (Å²) in [5.41, 5.74) is 1.75. The summed E-state index contributed by atoms with van der Waals surface area (Å²) in [7, 11) is 0. The Balaban J connectivity index is 2.18. The van der Waals surface area contributed by atoms with Crippen LogP contribution in [0.1, 0.15) is 25.2 Å². The van der Waals surface area contributed by atoms with Crippen molar-refractivity contribution in [2.45, 2.75) is 26.8 Å². The molecule has 3 aromatic rings. The molecule has 0 amide bonds.